The first-order chi connectivity index (χ1) is 2.89. The Hall–Kier alpha value is 0.0687. The van der Waals surface area contributed by atoms with Crippen molar-refractivity contribution in [3.05, 3.63) is 0 Å². The molecule has 0 aromatic carbocycles. The summed E-state index contributed by atoms with van der Waals surface area (Å²) in [6.07, 6.45) is -0.296. The first-order valence-corrected chi connectivity index (χ1v) is 1.80. The molecule has 1 rings (SSSR count). The van der Waals surface area contributed by atoms with E-state index in [0.29, 0.717) is 13.2 Å². The molecular weight excluding hydrogens is 201 g/mol. The Morgan fingerprint density at radius 2 is 2.43 bits per heavy atom. The Morgan fingerprint density at radius 3 is 2.57 bits per heavy atom. The van der Waals surface area contributed by atoms with E-state index in [1.807, 2.05) is 0 Å². The summed E-state index contributed by atoms with van der Waals surface area (Å²) in [6.45, 7) is 1.19. The van der Waals surface area contributed by atoms with Gasteiger partial charge in [0.25, 0.3) is 0 Å². The number of hydrogen-bond donors (Lipinski definition) is 1. The molecule has 0 radical (unpaired) electrons. The third kappa shape index (κ3) is 2.01. The van der Waals surface area contributed by atoms with Crippen molar-refractivity contribution in [2.45, 2.75) is 0 Å². The molecule has 1 aliphatic heterocycles. The average Bonchev–Trinajstić information content (AvgIpc) is 1.86. The molecule has 1 heterocycles. The van der Waals surface area contributed by atoms with Crippen LogP contribution in [0.3, 0.4) is 0 Å². The Balaban J connectivity index is 0.000000360. The van der Waals surface area contributed by atoms with E-state index in [1.54, 1.807) is 0 Å². The van der Waals surface area contributed by atoms with E-state index in [2.05, 4.69) is 10.1 Å². The van der Waals surface area contributed by atoms with Gasteiger partial charge < -0.3 is 10.1 Å². The number of ether oxygens (including phenoxy) is 1. The monoisotopic (exact) mass is 211 g/mol. The van der Waals surface area contributed by atoms with Crippen LogP contribution in [0.15, 0.2) is 0 Å². The molecule has 0 aromatic rings. The Bertz CT molecular complexity index is 67.3. The molecule has 1 N–H and O–H groups in total. The van der Waals surface area contributed by atoms with Gasteiger partial charge >= 0.3 is 30.0 Å². The molecular formula is C3H9NO2Sn. The van der Waals surface area contributed by atoms with E-state index in [9.17, 15) is 4.79 Å². The summed E-state index contributed by atoms with van der Waals surface area (Å²) in [7, 11) is 0. The Kier molecular flexibility index (Phi) is 3.15. The molecule has 0 spiro atoms. The number of rotatable bonds is 0. The van der Waals surface area contributed by atoms with Gasteiger partial charge in [-0.15, -0.1) is 0 Å². The van der Waals surface area contributed by atoms with Gasteiger partial charge in [0.15, 0.2) is 0 Å². The summed E-state index contributed by atoms with van der Waals surface area (Å²) in [6, 6.07) is 0. The molecule has 1 amide bonds. The molecule has 0 aromatic heterocycles. The van der Waals surface area contributed by atoms with Gasteiger partial charge in [0.1, 0.15) is 6.61 Å². The van der Waals surface area contributed by atoms with E-state index in [4.69, 9.17) is 0 Å². The van der Waals surface area contributed by atoms with Crippen LogP contribution >= 0.6 is 0 Å². The van der Waals surface area contributed by atoms with Gasteiger partial charge in [-0.3, -0.25) is 0 Å². The van der Waals surface area contributed by atoms with Crippen molar-refractivity contribution in [1.29, 1.82) is 0 Å². The average molecular weight is 210 g/mol. The number of cyclic esters (lactones) is 1. The first-order valence-electron chi connectivity index (χ1n) is 1.80. The van der Waals surface area contributed by atoms with Crippen molar-refractivity contribution in [3.63, 3.8) is 0 Å². The van der Waals surface area contributed by atoms with Crippen molar-refractivity contribution >= 4 is 30.0 Å². The zero-order valence-electron chi connectivity index (χ0n) is 3.23. The first kappa shape index (κ1) is 7.07. The quantitative estimate of drug-likeness (QED) is 0.482. The molecule has 0 unspecified atom stereocenters. The number of carbonyl (C=O) groups is 1. The van der Waals surface area contributed by atoms with Crippen LogP contribution in [0.5, 0.6) is 0 Å². The number of hydrogen-bond acceptors (Lipinski definition) is 2. The molecule has 0 aliphatic carbocycles. The van der Waals surface area contributed by atoms with Gasteiger partial charge in [0, 0.05) is 0 Å². The van der Waals surface area contributed by atoms with E-state index >= 15 is 0 Å². The normalized spacial score (nSPS) is 16.9. The second-order valence-electron chi connectivity index (χ2n) is 1.06. The summed E-state index contributed by atoms with van der Waals surface area (Å²) < 4.78 is 4.40. The molecule has 4 heteroatoms. The van der Waals surface area contributed by atoms with Gasteiger partial charge in [0.05, 0.1) is 6.54 Å². The predicted molar refractivity (Wildman–Crippen MR) is 30.7 cm³/mol. The molecule has 7 heavy (non-hydrogen) atoms. The third-order valence-corrected chi connectivity index (χ3v) is 0.605. The van der Waals surface area contributed by atoms with E-state index < -0.39 is 0 Å². The number of nitrogens with one attached hydrogen (secondary N) is 1. The van der Waals surface area contributed by atoms with Crippen LogP contribution in [0.4, 0.5) is 4.79 Å². The zero-order valence-corrected chi connectivity index (χ0v) is 3.23. The van der Waals surface area contributed by atoms with Crippen molar-refractivity contribution in [2.75, 3.05) is 13.2 Å². The minimum absolute atomic E-state index is 0. The molecule has 1 saturated heterocycles. The molecule has 0 atom stereocenters. The van der Waals surface area contributed by atoms with E-state index in [0.717, 1.165) is 0 Å². The van der Waals surface area contributed by atoms with Gasteiger partial charge in [-0.05, 0) is 0 Å². The van der Waals surface area contributed by atoms with Crippen LogP contribution in [0.1, 0.15) is 0 Å². The van der Waals surface area contributed by atoms with Gasteiger partial charge in [0.2, 0.25) is 0 Å². The molecule has 1 fully saturated rings. The summed E-state index contributed by atoms with van der Waals surface area (Å²) in [4.78, 5) is 9.91. The minimum atomic E-state index is -0.296. The van der Waals surface area contributed by atoms with Gasteiger partial charge in [-0.1, -0.05) is 0 Å². The van der Waals surface area contributed by atoms with Crippen LogP contribution in [0.25, 0.3) is 0 Å². The van der Waals surface area contributed by atoms with Crippen LogP contribution < -0.4 is 5.32 Å². The molecule has 0 bridgehead atoms. The standard InChI is InChI=1S/C3H5NO2.Sn.4H/c5-3-4-1-2-6-3;;;;;/h1-2H2,(H,4,5);;;;;. The van der Waals surface area contributed by atoms with Crippen LogP contribution in [0.2, 0.25) is 0 Å². The van der Waals surface area contributed by atoms with Crippen molar-refractivity contribution in [2.24, 2.45) is 0 Å². The van der Waals surface area contributed by atoms with Crippen LogP contribution in [-0.4, -0.2) is 43.2 Å². The Labute approximate surface area is 58.4 Å². The molecule has 42 valence electrons. The second kappa shape index (κ2) is 3.12. The van der Waals surface area contributed by atoms with Crippen LogP contribution in [-0.2, 0) is 4.74 Å². The molecule has 1 aliphatic rings. The summed E-state index contributed by atoms with van der Waals surface area (Å²) in [5.41, 5.74) is 0. The topological polar surface area (TPSA) is 38.3 Å². The fourth-order valence-electron chi connectivity index (χ4n) is 0.348. The van der Waals surface area contributed by atoms with Crippen LogP contribution in [0, 0.1) is 0 Å². The van der Waals surface area contributed by atoms with Gasteiger partial charge in [-0.2, -0.15) is 0 Å². The number of carbonyl (C=O) groups excluding carboxylic acids is 1. The zero-order chi connectivity index (χ0) is 4.41. The fourth-order valence-corrected chi connectivity index (χ4v) is 0.348. The number of amides is 1. The van der Waals surface area contributed by atoms with Crippen molar-refractivity contribution in [3.8, 4) is 0 Å². The number of alkyl carbamates (subject to hydrolysis) is 1. The summed E-state index contributed by atoms with van der Waals surface area (Å²) in [5.74, 6) is 0. The van der Waals surface area contributed by atoms with E-state index in [-0.39, 0.29) is 30.0 Å². The van der Waals surface area contributed by atoms with Crippen molar-refractivity contribution in [1.82, 2.24) is 5.32 Å². The molecule has 0 saturated carbocycles. The maximum atomic E-state index is 9.91. The molecule has 3 nitrogen and oxygen atoms in total. The van der Waals surface area contributed by atoms with Crippen molar-refractivity contribution < 1.29 is 9.53 Å². The maximum absolute atomic E-state index is 9.91. The SMILES string of the molecule is O=C1NCCO1.[SnH4]. The summed E-state index contributed by atoms with van der Waals surface area (Å²) >= 11 is 0. The van der Waals surface area contributed by atoms with Gasteiger partial charge in [-0.25, -0.2) is 4.79 Å². The third-order valence-electron chi connectivity index (χ3n) is 0.605. The Morgan fingerprint density at radius 1 is 1.71 bits per heavy atom. The van der Waals surface area contributed by atoms with E-state index in [1.165, 1.54) is 0 Å². The predicted octanol–water partition coefficient (Wildman–Crippen LogP) is -1.73. The second-order valence-corrected chi connectivity index (χ2v) is 1.06. The summed E-state index contributed by atoms with van der Waals surface area (Å²) in [5, 5.41) is 2.46. The fraction of sp³-hybridized carbons (Fsp3) is 0.667.